The molecule has 9 heavy (non-hydrogen) atoms. The van der Waals surface area contributed by atoms with Gasteiger partial charge in [-0.3, -0.25) is 4.68 Å². The van der Waals surface area contributed by atoms with Crippen LogP contribution in [0, 0.1) is 0 Å². The van der Waals surface area contributed by atoms with Crippen molar-refractivity contribution in [2.45, 2.75) is 5.33 Å². The van der Waals surface area contributed by atoms with E-state index in [1.807, 2.05) is 13.2 Å². The van der Waals surface area contributed by atoms with Crippen LogP contribution < -0.4 is 0 Å². The van der Waals surface area contributed by atoms with E-state index in [1.165, 1.54) is 0 Å². The summed E-state index contributed by atoms with van der Waals surface area (Å²) < 4.78 is 1.68. The topological polar surface area (TPSA) is 30.7 Å². The van der Waals surface area contributed by atoms with Gasteiger partial charge in [-0.1, -0.05) is 21.1 Å². The Kier molecular flexibility index (Phi) is 4.05. The van der Waals surface area contributed by atoms with Crippen LogP contribution in [0.2, 0.25) is 0 Å². The van der Waals surface area contributed by atoms with Crippen LogP contribution in [0.1, 0.15) is 5.69 Å². The van der Waals surface area contributed by atoms with Gasteiger partial charge in [-0.25, -0.2) is 0 Å². The zero-order valence-corrected chi connectivity index (χ0v) is 8.21. The van der Waals surface area contributed by atoms with Crippen LogP contribution in [-0.4, -0.2) is 15.0 Å². The third-order valence-corrected chi connectivity index (χ3v) is 1.36. The number of halogens is 2. The monoisotopic (exact) mass is 255 g/mol. The third kappa shape index (κ3) is 2.45. The SMILES string of the molecule is Br.Cn1cc(CBr)nn1. The molecule has 0 radical (unpaired) electrons. The van der Waals surface area contributed by atoms with Crippen molar-refractivity contribution in [3.8, 4) is 0 Å². The van der Waals surface area contributed by atoms with E-state index in [1.54, 1.807) is 4.68 Å². The van der Waals surface area contributed by atoms with E-state index in [9.17, 15) is 0 Å². The van der Waals surface area contributed by atoms with Gasteiger partial charge in [-0.15, -0.1) is 22.1 Å². The van der Waals surface area contributed by atoms with Gasteiger partial charge in [0.05, 0.1) is 5.69 Å². The Morgan fingerprint density at radius 1 is 1.78 bits per heavy atom. The number of hydrogen-bond donors (Lipinski definition) is 0. The molecule has 52 valence electrons. The normalized spacial score (nSPS) is 8.67. The van der Waals surface area contributed by atoms with Gasteiger partial charge >= 0.3 is 0 Å². The average Bonchev–Trinajstić information content (AvgIpc) is 2.14. The van der Waals surface area contributed by atoms with Gasteiger partial charge in [-0.2, -0.15) is 0 Å². The molecule has 0 saturated carbocycles. The van der Waals surface area contributed by atoms with E-state index in [2.05, 4.69) is 26.2 Å². The minimum atomic E-state index is 0. The zero-order chi connectivity index (χ0) is 5.98. The first-order valence-electron chi connectivity index (χ1n) is 2.24. The summed E-state index contributed by atoms with van der Waals surface area (Å²) in [5.74, 6) is 0. The van der Waals surface area contributed by atoms with Crippen molar-refractivity contribution in [3.63, 3.8) is 0 Å². The minimum absolute atomic E-state index is 0. The molecule has 0 aliphatic rings. The summed E-state index contributed by atoms with van der Waals surface area (Å²) in [6.07, 6.45) is 1.87. The summed E-state index contributed by atoms with van der Waals surface area (Å²) >= 11 is 3.25. The fourth-order valence-corrected chi connectivity index (χ4v) is 0.713. The Bertz CT molecular complexity index is 174. The van der Waals surface area contributed by atoms with E-state index < -0.39 is 0 Å². The van der Waals surface area contributed by atoms with Gasteiger partial charge in [0.25, 0.3) is 0 Å². The highest BCUT2D eigenvalue weighted by molar-refractivity contribution is 9.08. The molecule has 0 atom stereocenters. The van der Waals surface area contributed by atoms with Crippen molar-refractivity contribution in [2.24, 2.45) is 7.05 Å². The number of nitrogens with zero attached hydrogens (tertiary/aromatic N) is 3. The smallest absolute Gasteiger partial charge is 0.0932 e. The van der Waals surface area contributed by atoms with Crippen LogP contribution in [0.5, 0.6) is 0 Å². The maximum Gasteiger partial charge on any atom is 0.0932 e. The van der Waals surface area contributed by atoms with Crippen LogP contribution in [0.3, 0.4) is 0 Å². The fourth-order valence-electron chi connectivity index (χ4n) is 0.457. The molecule has 1 aromatic rings. The van der Waals surface area contributed by atoms with Crippen molar-refractivity contribution in [1.82, 2.24) is 15.0 Å². The molecule has 0 amide bonds. The van der Waals surface area contributed by atoms with Crippen LogP contribution in [0.25, 0.3) is 0 Å². The molecule has 5 heteroatoms. The van der Waals surface area contributed by atoms with Gasteiger partial charge in [0.15, 0.2) is 0 Å². The van der Waals surface area contributed by atoms with E-state index in [-0.39, 0.29) is 17.0 Å². The summed E-state index contributed by atoms with van der Waals surface area (Å²) in [6, 6.07) is 0. The number of aromatic nitrogens is 3. The molecular formula is C4H7Br2N3. The van der Waals surface area contributed by atoms with E-state index in [0.29, 0.717) is 0 Å². The van der Waals surface area contributed by atoms with Crippen LogP contribution in [0.4, 0.5) is 0 Å². The largest absolute Gasteiger partial charge is 0.255 e. The molecule has 1 aromatic heterocycles. The lowest BCUT2D eigenvalue weighted by Gasteiger charge is -1.77. The summed E-state index contributed by atoms with van der Waals surface area (Å²) in [7, 11) is 1.85. The van der Waals surface area contributed by atoms with Crippen molar-refractivity contribution < 1.29 is 0 Å². The molecule has 0 spiro atoms. The second-order valence-corrected chi connectivity index (χ2v) is 2.08. The third-order valence-electron chi connectivity index (χ3n) is 0.787. The first-order valence-corrected chi connectivity index (χ1v) is 3.36. The molecule has 0 aliphatic carbocycles. The molecule has 1 rings (SSSR count). The van der Waals surface area contributed by atoms with Crippen LogP contribution in [0.15, 0.2) is 6.20 Å². The lowest BCUT2D eigenvalue weighted by Crippen LogP contribution is -1.85. The van der Waals surface area contributed by atoms with Crippen molar-refractivity contribution in [3.05, 3.63) is 11.9 Å². The van der Waals surface area contributed by atoms with Crippen molar-refractivity contribution in [1.29, 1.82) is 0 Å². The predicted octanol–water partition coefficient (Wildman–Crippen LogP) is 1.29. The molecule has 0 bridgehead atoms. The lowest BCUT2D eigenvalue weighted by atomic mass is 10.6. The highest BCUT2D eigenvalue weighted by Crippen LogP contribution is 1.96. The summed E-state index contributed by atoms with van der Waals surface area (Å²) in [6.45, 7) is 0. The molecule has 0 aliphatic heterocycles. The summed E-state index contributed by atoms with van der Waals surface area (Å²) in [5, 5.41) is 8.30. The Balaban J connectivity index is 0.000000640. The maximum absolute atomic E-state index is 3.80. The summed E-state index contributed by atoms with van der Waals surface area (Å²) in [4.78, 5) is 0. The number of hydrogen-bond acceptors (Lipinski definition) is 2. The first kappa shape index (κ1) is 9.10. The molecule has 0 saturated heterocycles. The van der Waals surface area contributed by atoms with E-state index >= 15 is 0 Å². The van der Waals surface area contributed by atoms with E-state index in [4.69, 9.17) is 0 Å². The highest BCUT2D eigenvalue weighted by atomic mass is 79.9. The highest BCUT2D eigenvalue weighted by Gasteiger charge is 1.91. The van der Waals surface area contributed by atoms with Gasteiger partial charge in [0.2, 0.25) is 0 Å². The fraction of sp³-hybridized carbons (Fsp3) is 0.500. The van der Waals surface area contributed by atoms with Crippen molar-refractivity contribution in [2.75, 3.05) is 0 Å². The molecule has 0 N–H and O–H groups in total. The van der Waals surface area contributed by atoms with Crippen molar-refractivity contribution >= 4 is 32.9 Å². The van der Waals surface area contributed by atoms with Gasteiger partial charge < -0.3 is 0 Å². The van der Waals surface area contributed by atoms with Gasteiger partial charge in [-0.05, 0) is 0 Å². The Morgan fingerprint density at radius 3 is 2.67 bits per heavy atom. The first-order chi connectivity index (χ1) is 3.83. The quantitative estimate of drug-likeness (QED) is 0.709. The second kappa shape index (κ2) is 4.00. The molecular weight excluding hydrogens is 250 g/mol. The Labute approximate surface area is 72.3 Å². The molecule has 0 unspecified atom stereocenters. The summed E-state index contributed by atoms with van der Waals surface area (Å²) in [5.41, 5.74) is 0.965. The standard InChI is InChI=1S/C4H6BrN3.BrH/c1-8-3-4(2-5)6-7-8;/h3H,2H2,1H3;1H. The number of rotatable bonds is 1. The predicted molar refractivity (Wildman–Crippen MR) is 44.0 cm³/mol. The molecule has 1 heterocycles. The van der Waals surface area contributed by atoms with E-state index in [0.717, 1.165) is 11.0 Å². The van der Waals surface area contributed by atoms with Crippen LogP contribution >= 0.6 is 32.9 Å². The second-order valence-electron chi connectivity index (χ2n) is 1.52. The Hall–Kier alpha value is 0.1000. The lowest BCUT2D eigenvalue weighted by molar-refractivity contribution is 0.714. The zero-order valence-electron chi connectivity index (χ0n) is 4.91. The maximum atomic E-state index is 3.80. The molecule has 3 nitrogen and oxygen atoms in total. The molecule has 0 aromatic carbocycles. The number of aryl methyl sites for hydroxylation is 1. The number of alkyl halides is 1. The van der Waals surface area contributed by atoms with Gasteiger partial charge in [0, 0.05) is 18.6 Å². The average molecular weight is 257 g/mol. The molecule has 0 fully saturated rings. The minimum Gasteiger partial charge on any atom is -0.255 e. The van der Waals surface area contributed by atoms with Crippen LogP contribution in [-0.2, 0) is 12.4 Å². The van der Waals surface area contributed by atoms with Gasteiger partial charge in [0.1, 0.15) is 0 Å². The Morgan fingerprint density at radius 2 is 2.44 bits per heavy atom.